The molecule has 0 saturated heterocycles. The highest BCUT2D eigenvalue weighted by Crippen LogP contribution is 2.35. The Balaban J connectivity index is 1.26. The number of imidazole rings is 1. The molecule has 0 bridgehead atoms. The van der Waals surface area contributed by atoms with Gasteiger partial charge in [-0.05, 0) is 41.5 Å². The van der Waals surface area contributed by atoms with Crippen LogP contribution in [0.15, 0.2) is 79.3 Å². The number of nitrogens with two attached hydrogens (primary N) is 1. The van der Waals surface area contributed by atoms with E-state index < -0.39 is 29.6 Å². The Morgan fingerprint density at radius 1 is 1.07 bits per heavy atom. The van der Waals surface area contributed by atoms with E-state index in [2.05, 4.69) is 15.6 Å². The van der Waals surface area contributed by atoms with Crippen molar-refractivity contribution in [3.05, 3.63) is 118 Å². The molecule has 43 heavy (non-hydrogen) atoms. The molecule has 0 radical (unpaired) electrons. The number of alkyl halides is 3. The third-order valence-electron chi connectivity index (χ3n) is 7.28. The number of ether oxygens (including phenoxy) is 1. The molecular formula is C31H29ClF3N5O3. The minimum Gasteiger partial charge on any atom is -0.492 e. The highest BCUT2D eigenvalue weighted by atomic mass is 35.5. The van der Waals surface area contributed by atoms with Crippen molar-refractivity contribution in [3.63, 3.8) is 0 Å². The first-order valence-corrected chi connectivity index (χ1v) is 13.9. The Hall–Kier alpha value is -4.35. The topological polar surface area (TPSA) is 111 Å². The van der Waals surface area contributed by atoms with Crippen molar-refractivity contribution in [1.29, 1.82) is 0 Å². The van der Waals surface area contributed by atoms with Crippen molar-refractivity contribution in [2.24, 2.45) is 5.73 Å². The van der Waals surface area contributed by atoms with E-state index >= 15 is 0 Å². The first kappa shape index (κ1) is 30.1. The fraction of sp³-hybridized carbons (Fsp3) is 0.258. The fourth-order valence-corrected chi connectivity index (χ4v) is 5.12. The van der Waals surface area contributed by atoms with E-state index in [1.807, 2.05) is 10.6 Å². The zero-order valence-corrected chi connectivity index (χ0v) is 23.7. The maximum absolute atomic E-state index is 13.3. The maximum Gasteiger partial charge on any atom is 0.416 e. The number of amides is 2. The molecule has 1 aliphatic rings. The molecule has 4 aromatic rings. The van der Waals surface area contributed by atoms with Gasteiger partial charge >= 0.3 is 6.18 Å². The van der Waals surface area contributed by atoms with Crippen LogP contribution in [-0.4, -0.2) is 34.0 Å². The summed E-state index contributed by atoms with van der Waals surface area (Å²) in [6, 6.07) is 16.2. The van der Waals surface area contributed by atoms with Crippen molar-refractivity contribution in [2.75, 3.05) is 6.61 Å². The van der Waals surface area contributed by atoms with E-state index in [9.17, 15) is 22.8 Å². The van der Waals surface area contributed by atoms with Crippen LogP contribution in [0, 0.1) is 0 Å². The lowest BCUT2D eigenvalue weighted by molar-refractivity contribution is -0.137. The van der Waals surface area contributed by atoms with Gasteiger partial charge in [-0.3, -0.25) is 9.59 Å². The highest BCUT2D eigenvalue weighted by Gasteiger charge is 2.30. The van der Waals surface area contributed by atoms with Crippen LogP contribution in [0.1, 0.15) is 50.8 Å². The predicted octanol–water partition coefficient (Wildman–Crippen LogP) is 5.04. The molecule has 0 fully saturated rings. The third kappa shape index (κ3) is 7.36. The summed E-state index contributed by atoms with van der Waals surface area (Å²) in [6.45, 7) is 1.15. The van der Waals surface area contributed by atoms with Gasteiger partial charge in [0.1, 0.15) is 11.8 Å². The molecule has 0 spiro atoms. The number of aromatic nitrogens is 2. The second kappa shape index (κ2) is 12.9. The van der Waals surface area contributed by atoms with E-state index in [1.165, 1.54) is 12.1 Å². The van der Waals surface area contributed by atoms with Crippen molar-refractivity contribution in [1.82, 2.24) is 20.2 Å². The van der Waals surface area contributed by atoms with Crippen molar-refractivity contribution in [2.45, 2.75) is 44.2 Å². The number of nitrogens with one attached hydrogen (secondary N) is 2. The summed E-state index contributed by atoms with van der Waals surface area (Å²) >= 11 is 5.95. The van der Waals surface area contributed by atoms with Crippen LogP contribution < -0.4 is 21.1 Å². The quantitative estimate of drug-likeness (QED) is 0.233. The number of carbonyl (C=O) groups is 2. The second-order valence-electron chi connectivity index (χ2n) is 10.3. The van der Waals surface area contributed by atoms with E-state index in [0.717, 1.165) is 29.0 Å². The number of carbonyl (C=O) groups excluding carboxylic acids is 2. The summed E-state index contributed by atoms with van der Waals surface area (Å²) in [5, 5.41) is 6.79. The van der Waals surface area contributed by atoms with Gasteiger partial charge in [0.2, 0.25) is 5.91 Å². The molecule has 2 unspecified atom stereocenters. The van der Waals surface area contributed by atoms with Crippen LogP contribution in [0.4, 0.5) is 13.2 Å². The van der Waals surface area contributed by atoms with Crippen molar-refractivity contribution < 1.29 is 27.5 Å². The van der Waals surface area contributed by atoms with Gasteiger partial charge in [-0.25, -0.2) is 4.98 Å². The van der Waals surface area contributed by atoms with Crippen LogP contribution in [-0.2, 0) is 30.5 Å². The molecular weight excluding hydrogens is 583 g/mol. The monoisotopic (exact) mass is 611 g/mol. The molecule has 2 heterocycles. The summed E-state index contributed by atoms with van der Waals surface area (Å²) in [6.07, 6.45) is -0.200. The Morgan fingerprint density at radius 2 is 1.79 bits per heavy atom. The highest BCUT2D eigenvalue weighted by molar-refractivity contribution is 6.30. The van der Waals surface area contributed by atoms with Gasteiger partial charge in [0.05, 0.1) is 29.8 Å². The molecule has 8 nitrogen and oxygen atoms in total. The lowest BCUT2D eigenvalue weighted by Gasteiger charge is -2.28. The standard InChI is InChI=1S/C31H29ClF3N5O3/c32-22-10-6-19(7-11-22)14-27(29(36)41)39-30(42)25-3-1-2-24-26(12-13-43-28(24)25)38-16-23-15-37-18-40(23)17-20-4-8-21(9-5-20)31(33,34)35/h1-11,15,18,26-27,38H,12-14,16-17H2,(H2,36,41)(H,39,42). The molecule has 0 saturated carbocycles. The molecule has 224 valence electrons. The van der Waals surface area contributed by atoms with E-state index in [1.54, 1.807) is 48.9 Å². The van der Waals surface area contributed by atoms with Gasteiger partial charge in [0.15, 0.2) is 0 Å². The van der Waals surface area contributed by atoms with Gasteiger partial charge < -0.3 is 25.7 Å². The maximum atomic E-state index is 13.3. The number of benzene rings is 3. The fourth-order valence-electron chi connectivity index (χ4n) is 4.99. The van der Waals surface area contributed by atoms with Crippen LogP contribution in [0.25, 0.3) is 0 Å². The van der Waals surface area contributed by atoms with Crippen LogP contribution in [0.5, 0.6) is 5.75 Å². The first-order chi connectivity index (χ1) is 20.6. The number of para-hydroxylation sites is 1. The van der Waals surface area contributed by atoms with Gasteiger partial charge in [-0.15, -0.1) is 0 Å². The lowest BCUT2D eigenvalue weighted by atomic mass is 9.96. The Labute approximate surface area is 251 Å². The Bertz CT molecular complexity index is 1590. The third-order valence-corrected chi connectivity index (χ3v) is 7.53. The number of rotatable bonds is 10. The zero-order chi connectivity index (χ0) is 30.6. The number of halogens is 4. The molecule has 0 aliphatic carbocycles. The Kier molecular flexibility index (Phi) is 9.02. The minimum atomic E-state index is -4.38. The number of hydrogen-bond donors (Lipinski definition) is 3. The van der Waals surface area contributed by atoms with Crippen molar-refractivity contribution in [3.8, 4) is 5.75 Å². The van der Waals surface area contributed by atoms with E-state index in [-0.39, 0.29) is 12.5 Å². The number of fused-ring (bicyclic) bond motifs is 1. The molecule has 1 aliphatic heterocycles. The number of hydrogen-bond acceptors (Lipinski definition) is 5. The molecule has 2 atom stereocenters. The molecule has 3 aromatic carbocycles. The summed E-state index contributed by atoms with van der Waals surface area (Å²) in [7, 11) is 0. The SMILES string of the molecule is NC(=O)C(Cc1ccc(Cl)cc1)NC(=O)c1cccc2c1OCCC2NCc1cncn1Cc1ccc(C(F)(F)F)cc1. The summed E-state index contributed by atoms with van der Waals surface area (Å²) in [4.78, 5) is 29.7. The average Bonchev–Trinajstić information content (AvgIpc) is 3.42. The molecule has 1 aromatic heterocycles. The summed E-state index contributed by atoms with van der Waals surface area (Å²) in [5.41, 5.74) is 8.34. The predicted molar refractivity (Wildman–Crippen MR) is 155 cm³/mol. The van der Waals surface area contributed by atoms with Gasteiger partial charge in [0, 0.05) is 48.8 Å². The van der Waals surface area contributed by atoms with E-state index in [4.69, 9.17) is 22.1 Å². The van der Waals surface area contributed by atoms with Gasteiger partial charge in [0.25, 0.3) is 5.91 Å². The zero-order valence-electron chi connectivity index (χ0n) is 22.9. The lowest BCUT2D eigenvalue weighted by Crippen LogP contribution is -2.46. The summed E-state index contributed by atoms with van der Waals surface area (Å²) < 4.78 is 46.5. The van der Waals surface area contributed by atoms with Crippen LogP contribution >= 0.6 is 11.6 Å². The van der Waals surface area contributed by atoms with Crippen LogP contribution in [0.3, 0.4) is 0 Å². The number of primary amides is 1. The molecule has 4 N–H and O–H groups in total. The first-order valence-electron chi connectivity index (χ1n) is 13.6. The number of nitrogens with zero attached hydrogens (tertiary/aromatic N) is 2. The smallest absolute Gasteiger partial charge is 0.416 e. The average molecular weight is 612 g/mol. The second-order valence-corrected chi connectivity index (χ2v) is 10.7. The van der Waals surface area contributed by atoms with Gasteiger partial charge in [-0.1, -0.05) is 48.0 Å². The van der Waals surface area contributed by atoms with Crippen LogP contribution in [0.2, 0.25) is 5.02 Å². The molecule has 2 amide bonds. The normalized spacial score (nSPS) is 15.3. The molecule has 5 rings (SSSR count). The largest absolute Gasteiger partial charge is 0.492 e. The molecule has 12 heteroatoms. The Morgan fingerprint density at radius 3 is 2.49 bits per heavy atom. The van der Waals surface area contributed by atoms with E-state index in [0.29, 0.717) is 48.0 Å². The summed E-state index contributed by atoms with van der Waals surface area (Å²) in [5.74, 6) is -0.719. The van der Waals surface area contributed by atoms with Crippen molar-refractivity contribution >= 4 is 23.4 Å². The minimum absolute atomic E-state index is 0.146. The van der Waals surface area contributed by atoms with Gasteiger partial charge in [-0.2, -0.15) is 13.2 Å².